The van der Waals surface area contributed by atoms with Crippen molar-refractivity contribution < 1.29 is 13.2 Å². The smallest absolute Gasteiger partial charge is 0.206 e. The Labute approximate surface area is 78.3 Å². The second-order valence-electron chi connectivity index (χ2n) is 2.22. The first-order chi connectivity index (χ1) is 5.57. The number of rotatable bonds is 4. The summed E-state index contributed by atoms with van der Waals surface area (Å²) < 4.78 is 36.0. The average Bonchev–Trinajstić information content (AvgIpc) is 2.00. The summed E-state index contributed by atoms with van der Waals surface area (Å²) in [5, 5.41) is 0. The Morgan fingerprint density at radius 3 is 2.25 bits per heavy atom. The molecule has 0 aliphatic rings. The minimum Gasteiger partial charge on any atom is -0.206 e. The van der Waals surface area contributed by atoms with Gasteiger partial charge in [0.15, 0.2) is 5.83 Å². The zero-order valence-electron chi connectivity index (χ0n) is 6.71. The van der Waals surface area contributed by atoms with Gasteiger partial charge in [-0.2, -0.15) is 8.78 Å². The summed E-state index contributed by atoms with van der Waals surface area (Å²) in [5.74, 6) is -1.32. The predicted octanol–water partition coefficient (Wildman–Crippen LogP) is 4.53. The standard InChI is InChI=1S/C8H10BrF3/c1-2-3-6(9)4-5-7(10)8(11)12/h3H,2,4-5H2,1H3. The second kappa shape index (κ2) is 6.29. The highest BCUT2D eigenvalue weighted by molar-refractivity contribution is 9.11. The summed E-state index contributed by atoms with van der Waals surface area (Å²) >= 11 is 3.14. The number of hydrogen-bond donors (Lipinski definition) is 0. The van der Waals surface area contributed by atoms with E-state index in [1.807, 2.05) is 13.0 Å². The van der Waals surface area contributed by atoms with E-state index in [9.17, 15) is 13.2 Å². The summed E-state index contributed by atoms with van der Waals surface area (Å²) in [4.78, 5) is 0. The van der Waals surface area contributed by atoms with Gasteiger partial charge in [-0.1, -0.05) is 28.9 Å². The first-order valence-electron chi connectivity index (χ1n) is 3.62. The molecule has 0 aliphatic carbocycles. The van der Waals surface area contributed by atoms with Gasteiger partial charge in [-0.25, -0.2) is 4.39 Å². The molecule has 0 aliphatic heterocycles. The molecular formula is C8H10BrF3. The van der Waals surface area contributed by atoms with E-state index in [1.165, 1.54) is 0 Å². The van der Waals surface area contributed by atoms with Gasteiger partial charge in [-0.15, -0.1) is 0 Å². The van der Waals surface area contributed by atoms with Gasteiger partial charge >= 0.3 is 6.08 Å². The molecule has 0 amide bonds. The maximum absolute atomic E-state index is 12.2. The van der Waals surface area contributed by atoms with E-state index in [1.54, 1.807) is 0 Å². The molecule has 0 N–H and O–H groups in total. The molecule has 0 bridgehead atoms. The minimum absolute atomic E-state index is 0.237. The van der Waals surface area contributed by atoms with Crippen molar-refractivity contribution in [1.82, 2.24) is 0 Å². The summed E-state index contributed by atoms with van der Waals surface area (Å²) in [6.45, 7) is 1.92. The second-order valence-corrected chi connectivity index (χ2v) is 3.24. The topological polar surface area (TPSA) is 0 Å². The quantitative estimate of drug-likeness (QED) is 0.680. The van der Waals surface area contributed by atoms with Crippen molar-refractivity contribution >= 4 is 15.9 Å². The van der Waals surface area contributed by atoms with Crippen molar-refractivity contribution in [2.75, 3.05) is 0 Å². The molecule has 0 fully saturated rings. The Morgan fingerprint density at radius 2 is 1.83 bits per heavy atom. The molecule has 70 valence electrons. The maximum Gasteiger partial charge on any atom is 0.301 e. The van der Waals surface area contributed by atoms with Crippen molar-refractivity contribution in [3.05, 3.63) is 22.5 Å². The van der Waals surface area contributed by atoms with E-state index in [-0.39, 0.29) is 12.8 Å². The summed E-state index contributed by atoms with van der Waals surface area (Å²) in [6, 6.07) is 0. The lowest BCUT2D eigenvalue weighted by molar-refractivity contribution is 0.370. The van der Waals surface area contributed by atoms with Crippen LogP contribution in [0.2, 0.25) is 0 Å². The SMILES string of the molecule is CCC=C(Br)CCC(F)=C(F)F. The fourth-order valence-corrected chi connectivity index (χ4v) is 1.17. The molecule has 0 saturated heterocycles. The van der Waals surface area contributed by atoms with Crippen molar-refractivity contribution in [1.29, 1.82) is 0 Å². The molecule has 0 saturated carbocycles. The number of hydrogen-bond acceptors (Lipinski definition) is 0. The Bertz CT molecular complexity index is 192. The Kier molecular flexibility index (Phi) is 6.16. The van der Waals surface area contributed by atoms with Crippen LogP contribution in [-0.4, -0.2) is 0 Å². The van der Waals surface area contributed by atoms with E-state index in [0.29, 0.717) is 0 Å². The van der Waals surface area contributed by atoms with Crippen LogP contribution in [0.4, 0.5) is 13.2 Å². The van der Waals surface area contributed by atoms with Crippen LogP contribution in [0.25, 0.3) is 0 Å². The normalized spacial score (nSPS) is 11.6. The van der Waals surface area contributed by atoms with Crippen LogP contribution in [0, 0.1) is 0 Å². The summed E-state index contributed by atoms with van der Waals surface area (Å²) in [5.41, 5.74) is 0. The Balaban J connectivity index is 3.84. The molecule has 12 heavy (non-hydrogen) atoms. The molecule has 0 aromatic carbocycles. The average molecular weight is 243 g/mol. The van der Waals surface area contributed by atoms with Crippen molar-refractivity contribution in [2.45, 2.75) is 26.2 Å². The van der Waals surface area contributed by atoms with Gasteiger partial charge in [0.1, 0.15) is 0 Å². The first kappa shape index (κ1) is 11.8. The lowest BCUT2D eigenvalue weighted by Gasteiger charge is -1.96. The van der Waals surface area contributed by atoms with Crippen LogP contribution in [0.1, 0.15) is 26.2 Å². The summed E-state index contributed by atoms with van der Waals surface area (Å²) in [6.07, 6.45) is 0.468. The van der Waals surface area contributed by atoms with Gasteiger partial charge in [0.25, 0.3) is 0 Å². The molecule has 0 heterocycles. The van der Waals surface area contributed by atoms with Gasteiger partial charge in [0, 0.05) is 6.42 Å². The Morgan fingerprint density at radius 1 is 1.25 bits per heavy atom. The van der Waals surface area contributed by atoms with Crippen LogP contribution in [0.15, 0.2) is 22.5 Å². The molecule has 0 atom stereocenters. The zero-order valence-corrected chi connectivity index (χ0v) is 8.30. The fourth-order valence-electron chi connectivity index (χ4n) is 0.647. The third-order valence-electron chi connectivity index (χ3n) is 1.21. The van der Waals surface area contributed by atoms with E-state index in [2.05, 4.69) is 15.9 Å². The lowest BCUT2D eigenvalue weighted by atomic mass is 10.2. The molecule has 0 nitrogen and oxygen atoms in total. The minimum atomic E-state index is -2.22. The Hall–Kier alpha value is -0.250. The highest BCUT2D eigenvalue weighted by atomic mass is 79.9. The third-order valence-corrected chi connectivity index (χ3v) is 1.93. The van der Waals surface area contributed by atoms with Crippen molar-refractivity contribution in [2.24, 2.45) is 0 Å². The molecule has 4 heteroatoms. The first-order valence-corrected chi connectivity index (χ1v) is 4.41. The van der Waals surface area contributed by atoms with E-state index < -0.39 is 11.9 Å². The largest absolute Gasteiger partial charge is 0.301 e. The van der Waals surface area contributed by atoms with E-state index in [4.69, 9.17) is 0 Å². The highest BCUT2D eigenvalue weighted by Crippen LogP contribution is 2.21. The molecule has 0 radical (unpaired) electrons. The molecule has 0 aromatic heterocycles. The van der Waals surface area contributed by atoms with Gasteiger partial charge in [-0.3, -0.25) is 0 Å². The van der Waals surface area contributed by atoms with Gasteiger partial charge in [0.2, 0.25) is 0 Å². The van der Waals surface area contributed by atoms with Crippen LogP contribution in [-0.2, 0) is 0 Å². The molecule has 0 spiro atoms. The monoisotopic (exact) mass is 242 g/mol. The fraction of sp³-hybridized carbons (Fsp3) is 0.500. The predicted molar refractivity (Wildman–Crippen MR) is 46.9 cm³/mol. The van der Waals surface area contributed by atoms with E-state index in [0.717, 1.165) is 10.9 Å². The van der Waals surface area contributed by atoms with Gasteiger partial charge < -0.3 is 0 Å². The van der Waals surface area contributed by atoms with Gasteiger partial charge in [0.05, 0.1) is 0 Å². The van der Waals surface area contributed by atoms with Crippen LogP contribution >= 0.6 is 15.9 Å². The molecule has 0 rings (SSSR count). The van der Waals surface area contributed by atoms with Crippen LogP contribution in [0.3, 0.4) is 0 Å². The highest BCUT2D eigenvalue weighted by Gasteiger charge is 2.04. The van der Waals surface area contributed by atoms with Crippen LogP contribution in [0.5, 0.6) is 0 Å². The van der Waals surface area contributed by atoms with Crippen LogP contribution < -0.4 is 0 Å². The zero-order chi connectivity index (χ0) is 9.56. The summed E-state index contributed by atoms with van der Waals surface area (Å²) in [7, 11) is 0. The molecule has 0 aromatic rings. The van der Waals surface area contributed by atoms with Gasteiger partial charge in [-0.05, 0) is 17.3 Å². The number of halogens is 4. The maximum atomic E-state index is 12.2. The van der Waals surface area contributed by atoms with E-state index >= 15 is 0 Å². The van der Waals surface area contributed by atoms with Crippen molar-refractivity contribution in [3.8, 4) is 0 Å². The number of allylic oxidation sites excluding steroid dienone is 3. The third kappa shape index (κ3) is 5.41. The van der Waals surface area contributed by atoms with Crippen molar-refractivity contribution in [3.63, 3.8) is 0 Å². The molecular weight excluding hydrogens is 233 g/mol. The molecule has 0 unspecified atom stereocenters. The lowest BCUT2D eigenvalue weighted by Crippen LogP contribution is -1.79.